The summed E-state index contributed by atoms with van der Waals surface area (Å²) in [5, 5.41) is 2.82. The number of aryl methyl sites for hydroxylation is 1. The Morgan fingerprint density at radius 2 is 2.00 bits per heavy atom. The molecule has 2 aromatic carbocycles. The fourth-order valence-electron chi connectivity index (χ4n) is 1.89. The van der Waals surface area contributed by atoms with Crippen molar-refractivity contribution in [2.24, 2.45) is 0 Å². The van der Waals surface area contributed by atoms with E-state index in [1.807, 2.05) is 13.0 Å². The van der Waals surface area contributed by atoms with Crippen molar-refractivity contribution in [1.82, 2.24) is 0 Å². The molecule has 0 aliphatic heterocycles. The van der Waals surface area contributed by atoms with E-state index in [0.29, 0.717) is 22.7 Å². The molecule has 0 atom stereocenters. The molecule has 1 amide bonds. The van der Waals surface area contributed by atoms with Crippen LogP contribution in [0, 0.1) is 6.92 Å². The van der Waals surface area contributed by atoms with E-state index in [-0.39, 0.29) is 5.91 Å². The third kappa shape index (κ3) is 3.30. The Morgan fingerprint density at radius 1 is 1.25 bits per heavy atom. The fourth-order valence-corrected chi connectivity index (χ4v) is 2.43. The molecule has 0 aromatic heterocycles. The first-order chi connectivity index (χ1) is 9.49. The van der Waals surface area contributed by atoms with Crippen LogP contribution < -0.4 is 15.8 Å². The van der Waals surface area contributed by atoms with Crippen LogP contribution >= 0.6 is 15.9 Å². The third-order valence-electron chi connectivity index (χ3n) is 2.77. The number of nitrogen functional groups attached to an aromatic ring is 1. The van der Waals surface area contributed by atoms with Gasteiger partial charge in [-0.3, -0.25) is 4.79 Å². The molecule has 0 saturated carbocycles. The number of amides is 1. The van der Waals surface area contributed by atoms with Crippen molar-refractivity contribution in [2.45, 2.75) is 6.92 Å². The van der Waals surface area contributed by atoms with Crippen LogP contribution in [0.3, 0.4) is 0 Å². The molecule has 0 saturated heterocycles. The Balaban J connectivity index is 2.21. The molecule has 0 heterocycles. The van der Waals surface area contributed by atoms with Crippen LogP contribution in [0.1, 0.15) is 15.9 Å². The molecular weight excluding hydrogens is 320 g/mol. The summed E-state index contributed by atoms with van der Waals surface area (Å²) in [6, 6.07) is 10.6. The van der Waals surface area contributed by atoms with Crippen LogP contribution in [0.2, 0.25) is 0 Å². The van der Waals surface area contributed by atoms with Crippen LogP contribution in [0.15, 0.2) is 40.9 Å². The van der Waals surface area contributed by atoms with E-state index in [2.05, 4.69) is 21.2 Å². The summed E-state index contributed by atoms with van der Waals surface area (Å²) < 4.78 is 5.92. The van der Waals surface area contributed by atoms with Gasteiger partial charge in [0.2, 0.25) is 0 Å². The van der Waals surface area contributed by atoms with E-state index in [1.54, 1.807) is 37.4 Å². The van der Waals surface area contributed by atoms with Crippen molar-refractivity contribution in [3.63, 3.8) is 0 Å². The number of carbonyl (C=O) groups excluding carboxylic acids is 1. The van der Waals surface area contributed by atoms with Crippen LogP contribution in [0.25, 0.3) is 0 Å². The number of nitrogens with one attached hydrogen (secondary N) is 1. The van der Waals surface area contributed by atoms with Crippen molar-refractivity contribution >= 4 is 33.2 Å². The molecule has 5 heteroatoms. The van der Waals surface area contributed by atoms with Crippen molar-refractivity contribution in [2.75, 3.05) is 18.2 Å². The highest BCUT2D eigenvalue weighted by Crippen LogP contribution is 2.28. The Morgan fingerprint density at radius 3 is 2.60 bits per heavy atom. The molecule has 0 bridgehead atoms. The van der Waals surface area contributed by atoms with Gasteiger partial charge in [-0.2, -0.15) is 0 Å². The minimum absolute atomic E-state index is 0.197. The molecule has 3 N–H and O–H groups in total. The highest BCUT2D eigenvalue weighted by atomic mass is 79.9. The summed E-state index contributed by atoms with van der Waals surface area (Å²) in [6.45, 7) is 1.90. The summed E-state index contributed by atoms with van der Waals surface area (Å²) in [4.78, 5) is 12.2. The first-order valence-electron chi connectivity index (χ1n) is 6.01. The van der Waals surface area contributed by atoms with Gasteiger partial charge >= 0.3 is 0 Å². The Bertz CT molecular complexity index is 636. The van der Waals surface area contributed by atoms with Crippen molar-refractivity contribution in [3.05, 3.63) is 52.0 Å². The molecule has 0 spiro atoms. The lowest BCUT2D eigenvalue weighted by atomic mass is 10.1. The van der Waals surface area contributed by atoms with Crippen molar-refractivity contribution in [3.8, 4) is 5.75 Å². The van der Waals surface area contributed by atoms with E-state index in [0.717, 1.165) is 10.0 Å². The second-order valence-corrected chi connectivity index (χ2v) is 5.29. The van der Waals surface area contributed by atoms with Gasteiger partial charge in [0.15, 0.2) is 0 Å². The smallest absolute Gasteiger partial charge is 0.255 e. The summed E-state index contributed by atoms with van der Waals surface area (Å²) in [5.41, 5.74) is 8.49. The molecule has 0 unspecified atom stereocenters. The highest BCUT2D eigenvalue weighted by molar-refractivity contribution is 9.10. The van der Waals surface area contributed by atoms with Gasteiger partial charge in [0.25, 0.3) is 5.91 Å². The number of nitrogens with two attached hydrogens (primary N) is 1. The Hall–Kier alpha value is -2.01. The number of halogens is 1. The molecule has 2 aromatic rings. The zero-order chi connectivity index (χ0) is 14.7. The van der Waals surface area contributed by atoms with E-state index in [1.165, 1.54) is 0 Å². The number of anilines is 2. The quantitative estimate of drug-likeness (QED) is 0.843. The maximum Gasteiger partial charge on any atom is 0.255 e. The molecule has 2 rings (SSSR count). The Kier molecular flexibility index (Phi) is 4.29. The molecule has 0 aliphatic carbocycles. The first-order valence-corrected chi connectivity index (χ1v) is 6.81. The van der Waals surface area contributed by atoms with Gasteiger partial charge in [0.1, 0.15) is 5.75 Å². The van der Waals surface area contributed by atoms with Gasteiger partial charge in [-0.1, -0.05) is 0 Å². The average Bonchev–Trinajstić information content (AvgIpc) is 2.37. The topological polar surface area (TPSA) is 64.3 Å². The van der Waals surface area contributed by atoms with Gasteiger partial charge < -0.3 is 15.8 Å². The normalized spacial score (nSPS) is 10.2. The molecule has 0 aliphatic rings. The van der Waals surface area contributed by atoms with Crippen molar-refractivity contribution in [1.29, 1.82) is 0 Å². The van der Waals surface area contributed by atoms with Crippen LogP contribution in [0.4, 0.5) is 11.4 Å². The van der Waals surface area contributed by atoms with E-state index < -0.39 is 0 Å². The lowest BCUT2D eigenvalue weighted by Crippen LogP contribution is -2.12. The number of carbonyl (C=O) groups is 1. The monoisotopic (exact) mass is 334 g/mol. The van der Waals surface area contributed by atoms with Crippen LogP contribution in [-0.2, 0) is 0 Å². The van der Waals surface area contributed by atoms with E-state index in [9.17, 15) is 4.79 Å². The number of rotatable bonds is 3. The molecule has 0 fully saturated rings. The molecule has 4 nitrogen and oxygen atoms in total. The minimum Gasteiger partial charge on any atom is -0.496 e. The first kappa shape index (κ1) is 14.4. The number of hydrogen-bond donors (Lipinski definition) is 2. The minimum atomic E-state index is -0.197. The average molecular weight is 335 g/mol. The largest absolute Gasteiger partial charge is 0.496 e. The standard InChI is InChI=1S/C15H15BrN2O2/c1-9-5-10(7-11(17)6-9)15(19)18-12-3-4-14(20-2)13(16)8-12/h3-8H,17H2,1-2H3,(H,18,19). The second-order valence-electron chi connectivity index (χ2n) is 4.44. The van der Waals surface area contributed by atoms with E-state index >= 15 is 0 Å². The van der Waals surface area contributed by atoms with Gasteiger partial charge in [0, 0.05) is 16.9 Å². The Labute approximate surface area is 126 Å². The summed E-state index contributed by atoms with van der Waals surface area (Å²) >= 11 is 3.38. The predicted molar refractivity (Wildman–Crippen MR) is 84.2 cm³/mol. The maximum atomic E-state index is 12.2. The summed E-state index contributed by atoms with van der Waals surface area (Å²) in [6.07, 6.45) is 0. The zero-order valence-electron chi connectivity index (χ0n) is 11.2. The summed E-state index contributed by atoms with van der Waals surface area (Å²) in [7, 11) is 1.59. The van der Waals surface area contributed by atoms with Crippen LogP contribution in [-0.4, -0.2) is 13.0 Å². The lowest BCUT2D eigenvalue weighted by molar-refractivity contribution is 0.102. The van der Waals surface area contributed by atoms with Gasteiger partial charge in [0.05, 0.1) is 11.6 Å². The second kappa shape index (κ2) is 5.96. The highest BCUT2D eigenvalue weighted by Gasteiger charge is 2.09. The lowest BCUT2D eigenvalue weighted by Gasteiger charge is -2.09. The number of benzene rings is 2. The van der Waals surface area contributed by atoms with Crippen molar-refractivity contribution < 1.29 is 9.53 Å². The summed E-state index contributed by atoms with van der Waals surface area (Å²) in [5.74, 6) is 0.514. The SMILES string of the molecule is COc1ccc(NC(=O)c2cc(C)cc(N)c2)cc1Br. The predicted octanol–water partition coefficient (Wildman–Crippen LogP) is 3.60. The van der Waals surface area contributed by atoms with Gasteiger partial charge in [-0.15, -0.1) is 0 Å². The molecular formula is C15H15BrN2O2. The number of ether oxygens (including phenoxy) is 1. The maximum absolute atomic E-state index is 12.2. The third-order valence-corrected chi connectivity index (χ3v) is 3.39. The molecule has 104 valence electrons. The number of hydrogen-bond acceptors (Lipinski definition) is 3. The molecule has 20 heavy (non-hydrogen) atoms. The van der Waals surface area contributed by atoms with Gasteiger partial charge in [-0.25, -0.2) is 0 Å². The van der Waals surface area contributed by atoms with Gasteiger partial charge in [-0.05, 0) is 64.8 Å². The zero-order valence-corrected chi connectivity index (χ0v) is 12.8. The molecule has 0 radical (unpaired) electrons. The fraction of sp³-hybridized carbons (Fsp3) is 0.133. The number of methoxy groups -OCH3 is 1. The van der Waals surface area contributed by atoms with Crippen LogP contribution in [0.5, 0.6) is 5.75 Å². The van der Waals surface area contributed by atoms with E-state index in [4.69, 9.17) is 10.5 Å².